The Morgan fingerprint density at radius 1 is 1.33 bits per heavy atom. The molecule has 0 aliphatic heterocycles. The second kappa shape index (κ2) is 4.89. The first-order valence-corrected chi connectivity index (χ1v) is 6.16. The molecule has 2 unspecified atom stereocenters. The molecule has 0 aromatic carbocycles. The molecule has 2 aromatic rings. The predicted octanol–water partition coefficient (Wildman–Crippen LogP) is 0.765. The molecule has 0 saturated carbocycles. The Kier molecular flexibility index (Phi) is 3.47. The summed E-state index contributed by atoms with van der Waals surface area (Å²) >= 11 is 0. The van der Waals surface area contributed by atoms with E-state index in [1.165, 1.54) is 4.52 Å². The first kappa shape index (κ1) is 12.8. The molecular formula is C12H19N5O. The maximum absolute atomic E-state index is 11.5. The maximum Gasteiger partial charge on any atom is 0.364 e. The highest BCUT2D eigenvalue weighted by Gasteiger charge is 2.23. The summed E-state index contributed by atoms with van der Waals surface area (Å²) in [6.45, 7) is 6.43. The van der Waals surface area contributed by atoms with Gasteiger partial charge >= 0.3 is 5.69 Å². The smallest absolute Gasteiger partial charge is 0.317 e. The highest BCUT2D eigenvalue weighted by atomic mass is 16.2. The van der Waals surface area contributed by atoms with Crippen LogP contribution in [0.2, 0.25) is 0 Å². The van der Waals surface area contributed by atoms with Crippen LogP contribution < -0.4 is 11.0 Å². The van der Waals surface area contributed by atoms with Gasteiger partial charge in [0.05, 0.1) is 5.69 Å². The van der Waals surface area contributed by atoms with Gasteiger partial charge in [-0.2, -0.15) is 14.7 Å². The van der Waals surface area contributed by atoms with E-state index in [-0.39, 0.29) is 17.6 Å². The number of nitrogens with zero attached hydrogens (tertiary/aromatic N) is 3. The number of aromatic nitrogens is 4. The summed E-state index contributed by atoms with van der Waals surface area (Å²) in [5, 5.41) is 13.9. The van der Waals surface area contributed by atoms with E-state index in [0.29, 0.717) is 11.6 Å². The fourth-order valence-electron chi connectivity index (χ4n) is 2.35. The zero-order valence-corrected chi connectivity index (χ0v) is 11.1. The molecule has 0 saturated heterocycles. The zero-order valence-electron chi connectivity index (χ0n) is 11.1. The van der Waals surface area contributed by atoms with E-state index < -0.39 is 0 Å². The molecule has 18 heavy (non-hydrogen) atoms. The van der Waals surface area contributed by atoms with Gasteiger partial charge in [-0.3, -0.25) is 0 Å². The molecule has 0 fully saturated rings. The van der Waals surface area contributed by atoms with Gasteiger partial charge in [0.2, 0.25) is 0 Å². The number of hydrogen-bond acceptors (Lipinski definition) is 4. The third kappa shape index (κ3) is 2.15. The van der Waals surface area contributed by atoms with Crippen molar-refractivity contribution < 1.29 is 0 Å². The number of nitrogens with one attached hydrogen (secondary N) is 2. The minimum Gasteiger partial charge on any atom is -0.317 e. The Morgan fingerprint density at radius 2 is 2.06 bits per heavy atom. The zero-order chi connectivity index (χ0) is 13.3. The lowest BCUT2D eigenvalue weighted by atomic mass is 9.86. The lowest BCUT2D eigenvalue weighted by Crippen LogP contribution is -2.33. The molecule has 2 atom stereocenters. The van der Waals surface area contributed by atoms with Crippen molar-refractivity contribution in [3.63, 3.8) is 0 Å². The minimum absolute atomic E-state index is 0.251. The van der Waals surface area contributed by atoms with Gasteiger partial charge in [-0.1, -0.05) is 13.8 Å². The number of aromatic amines is 1. The van der Waals surface area contributed by atoms with Gasteiger partial charge in [0.1, 0.15) is 0 Å². The van der Waals surface area contributed by atoms with Crippen molar-refractivity contribution in [1.82, 2.24) is 25.1 Å². The lowest BCUT2D eigenvalue weighted by molar-refractivity contribution is 0.384. The van der Waals surface area contributed by atoms with Crippen LogP contribution in [-0.2, 0) is 0 Å². The van der Waals surface area contributed by atoms with Gasteiger partial charge in [0.25, 0.3) is 0 Å². The Labute approximate surface area is 105 Å². The standard InChI is InChI=1S/C12H19N5O/c1-7(2)11(8(3)13-4)9-5-6-10-14-15-12(18)17(10)16-9/h5-8,11,13H,1-4H3,(H,15,18). The van der Waals surface area contributed by atoms with Gasteiger partial charge in [0, 0.05) is 12.0 Å². The van der Waals surface area contributed by atoms with Crippen molar-refractivity contribution in [2.75, 3.05) is 7.05 Å². The van der Waals surface area contributed by atoms with E-state index in [1.807, 2.05) is 19.2 Å². The van der Waals surface area contributed by atoms with Crippen molar-refractivity contribution in [3.05, 3.63) is 28.3 Å². The van der Waals surface area contributed by atoms with Crippen LogP contribution in [0, 0.1) is 5.92 Å². The van der Waals surface area contributed by atoms with Crippen LogP contribution in [0.25, 0.3) is 5.65 Å². The van der Waals surface area contributed by atoms with Crippen molar-refractivity contribution >= 4 is 5.65 Å². The maximum atomic E-state index is 11.5. The predicted molar refractivity (Wildman–Crippen MR) is 69.7 cm³/mol. The van der Waals surface area contributed by atoms with Crippen LogP contribution in [-0.4, -0.2) is 32.9 Å². The minimum atomic E-state index is -0.300. The number of fused-ring (bicyclic) bond motifs is 1. The molecule has 2 aromatic heterocycles. The quantitative estimate of drug-likeness (QED) is 0.839. The molecule has 98 valence electrons. The summed E-state index contributed by atoms with van der Waals surface area (Å²) in [5.74, 6) is 0.682. The molecular weight excluding hydrogens is 230 g/mol. The summed E-state index contributed by atoms with van der Waals surface area (Å²) in [6, 6.07) is 4.05. The van der Waals surface area contributed by atoms with Crippen LogP contribution in [0.1, 0.15) is 32.4 Å². The molecule has 6 heteroatoms. The lowest BCUT2D eigenvalue weighted by Gasteiger charge is -2.26. The Balaban J connectivity index is 2.50. The van der Waals surface area contributed by atoms with Crippen LogP contribution >= 0.6 is 0 Å². The second-order valence-corrected chi connectivity index (χ2v) is 4.90. The van der Waals surface area contributed by atoms with E-state index in [0.717, 1.165) is 5.69 Å². The summed E-state index contributed by atoms with van der Waals surface area (Å²) in [5.41, 5.74) is 1.15. The summed E-state index contributed by atoms with van der Waals surface area (Å²) in [6.07, 6.45) is 0. The molecule has 2 rings (SSSR count). The molecule has 0 aliphatic carbocycles. The summed E-state index contributed by atoms with van der Waals surface area (Å²) in [7, 11) is 1.93. The second-order valence-electron chi connectivity index (χ2n) is 4.90. The van der Waals surface area contributed by atoms with E-state index in [9.17, 15) is 4.79 Å². The molecule has 2 heterocycles. The van der Waals surface area contributed by atoms with Gasteiger partial charge in [0.15, 0.2) is 5.65 Å². The SMILES string of the molecule is CNC(C)C(c1ccc2n[nH]c(=O)n2n1)C(C)C. The summed E-state index contributed by atoms with van der Waals surface area (Å²) < 4.78 is 1.31. The van der Waals surface area contributed by atoms with E-state index in [2.05, 4.69) is 41.4 Å². The summed E-state index contributed by atoms with van der Waals surface area (Å²) in [4.78, 5) is 11.5. The third-order valence-electron chi connectivity index (χ3n) is 3.35. The Morgan fingerprint density at radius 3 is 2.67 bits per heavy atom. The molecule has 0 spiro atoms. The van der Waals surface area contributed by atoms with E-state index >= 15 is 0 Å². The van der Waals surface area contributed by atoms with Crippen molar-refractivity contribution in [2.24, 2.45) is 5.92 Å². The van der Waals surface area contributed by atoms with Crippen LogP contribution in [0.15, 0.2) is 16.9 Å². The Hall–Kier alpha value is -1.69. The monoisotopic (exact) mass is 249 g/mol. The largest absolute Gasteiger partial charge is 0.364 e. The highest BCUT2D eigenvalue weighted by Crippen LogP contribution is 2.26. The average molecular weight is 249 g/mol. The van der Waals surface area contributed by atoms with Crippen LogP contribution in [0.3, 0.4) is 0 Å². The number of H-pyrrole nitrogens is 1. The van der Waals surface area contributed by atoms with Gasteiger partial charge in [-0.15, -0.1) is 0 Å². The highest BCUT2D eigenvalue weighted by molar-refractivity contribution is 5.35. The third-order valence-corrected chi connectivity index (χ3v) is 3.35. The molecule has 0 amide bonds. The molecule has 0 aliphatic rings. The number of likely N-dealkylation sites (N-methyl/N-ethyl adjacent to an activating group) is 1. The molecule has 2 N–H and O–H groups in total. The Bertz CT molecular complexity index is 585. The van der Waals surface area contributed by atoms with Gasteiger partial charge < -0.3 is 5.32 Å². The van der Waals surface area contributed by atoms with E-state index in [1.54, 1.807) is 0 Å². The van der Waals surface area contributed by atoms with Crippen molar-refractivity contribution in [1.29, 1.82) is 0 Å². The number of rotatable bonds is 4. The van der Waals surface area contributed by atoms with Crippen molar-refractivity contribution in [2.45, 2.75) is 32.7 Å². The molecule has 6 nitrogen and oxygen atoms in total. The van der Waals surface area contributed by atoms with Gasteiger partial charge in [-0.25, -0.2) is 9.89 Å². The fourth-order valence-corrected chi connectivity index (χ4v) is 2.35. The average Bonchev–Trinajstić information content (AvgIpc) is 2.71. The van der Waals surface area contributed by atoms with Crippen LogP contribution in [0.5, 0.6) is 0 Å². The number of hydrogen-bond donors (Lipinski definition) is 2. The fraction of sp³-hybridized carbons (Fsp3) is 0.583. The van der Waals surface area contributed by atoms with Gasteiger partial charge in [-0.05, 0) is 32.0 Å². The molecule has 0 radical (unpaired) electrons. The van der Waals surface area contributed by atoms with E-state index in [4.69, 9.17) is 0 Å². The molecule has 0 bridgehead atoms. The topological polar surface area (TPSA) is 75.1 Å². The van der Waals surface area contributed by atoms with Crippen LogP contribution in [0.4, 0.5) is 0 Å². The van der Waals surface area contributed by atoms with Crippen molar-refractivity contribution in [3.8, 4) is 0 Å². The first-order valence-electron chi connectivity index (χ1n) is 6.16. The first-order chi connectivity index (χ1) is 8.54. The normalized spacial score (nSPS) is 15.2.